The number of halogens is 2. The number of nitrogens with two attached hydrogens (primary N) is 1. The van der Waals surface area contributed by atoms with Crippen LogP contribution in [0.5, 0.6) is 0 Å². The van der Waals surface area contributed by atoms with E-state index < -0.39 is 5.97 Å². The summed E-state index contributed by atoms with van der Waals surface area (Å²) >= 11 is 3.16. The molecular weight excluding hydrogens is 827 g/mol. The van der Waals surface area contributed by atoms with Gasteiger partial charge in [0, 0.05) is 91.1 Å². The first kappa shape index (κ1) is 44.7. The molecule has 2 aromatic heterocycles. The van der Waals surface area contributed by atoms with E-state index in [1.54, 1.807) is 97.3 Å². The number of hydrogen-bond acceptors (Lipinski definition) is 11. The van der Waals surface area contributed by atoms with Crippen LogP contribution < -0.4 is 21.7 Å². The van der Waals surface area contributed by atoms with Crippen LogP contribution >= 0.6 is 23.5 Å². The summed E-state index contributed by atoms with van der Waals surface area (Å²) < 4.78 is 27.9. The van der Waals surface area contributed by atoms with E-state index in [-0.39, 0.29) is 51.2 Å². The Morgan fingerprint density at radius 3 is 1.61 bits per heavy atom. The number of aromatic amines is 2. The van der Waals surface area contributed by atoms with Crippen molar-refractivity contribution in [2.45, 2.75) is 23.6 Å². The number of nitrogens with one attached hydrogen (secondary N) is 5. The Balaban J connectivity index is 0.000000196. The number of benzene rings is 4. The van der Waals surface area contributed by atoms with Crippen molar-refractivity contribution >= 4 is 80.4 Å². The van der Waals surface area contributed by atoms with Gasteiger partial charge in [0.2, 0.25) is 11.8 Å². The molecule has 2 atom stereocenters. The first-order valence-corrected chi connectivity index (χ1v) is 21.4. The van der Waals surface area contributed by atoms with E-state index in [0.717, 1.165) is 30.1 Å². The van der Waals surface area contributed by atoms with Gasteiger partial charge in [0.25, 0.3) is 5.91 Å². The van der Waals surface area contributed by atoms with Crippen molar-refractivity contribution in [1.29, 1.82) is 0 Å². The number of H-pyrrole nitrogens is 2. The van der Waals surface area contributed by atoms with E-state index >= 15 is 0 Å². The minimum atomic E-state index is -1.13. The van der Waals surface area contributed by atoms with Crippen LogP contribution in [0.15, 0.2) is 84.9 Å². The second-order valence-corrected chi connectivity index (χ2v) is 16.5. The number of thioether (sulfide) groups is 2. The lowest BCUT2D eigenvalue weighted by molar-refractivity contribution is -0.117. The number of aromatic carboxylic acids is 1. The monoisotopic (exact) mass is 872 g/mol. The van der Waals surface area contributed by atoms with E-state index in [9.17, 15) is 33.1 Å². The minimum Gasteiger partial charge on any atom is -0.476 e. The normalized spacial score (nSPS) is 16.7. The summed E-state index contributed by atoms with van der Waals surface area (Å²) in [5.74, 6) is -0.588. The van der Waals surface area contributed by atoms with Gasteiger partial charge < -0.3 is 26.8 Å². The topological polar surface area (TPSA) is 214 Å². The number of carboxylic acids is 1. The average molecular weight is 873 g/mol. The van der Waals surface area contributed by atoms with Gasteiger partial charge in [-0.3, -0.25) is 34.4 Å². The zero-order valence-electron chi connectivity index (χ0n) is 33.4. The third kappa shape index (κ3) is 11.3. The molecule has 0 spiro atoms. The lowest BCUT2D eigenvalue weighted by Gasteiger charge is -2.31. The molecule has 4 heterocycles. The molecule has 0 aliphatic carbocycles. The van der Waals surface area contributed by atoms with Crippen LogP contribution in [0.4, 0.5) is 20.2 Å². The van der Waals surface area contributed by atoms with E-state index in [2.05, 4.69) is 51.9 Å². The van der Waals surface area contributed by atoms with Gasteiger partial charge in [-0.25, -0.2) is 13.6 Å². The van der Waals surface area contributed by atoms with Crippen LogP contribution in [0.3, 0.4) is 0 Å². The van der Waals surface area contributed by atoms with Crippen LogP contribution in [0, 0.1) is 11.6 Å². The van der Waals surface area contributed by atoms with Gasteiger partial charge in [-0.05, 0) is 55.6 Å². The van der Waals surface area contributed by atoms with Gasteiger partial charge >= 0.3 is 5.97 Å². The molecule has 0 bridgehead atoms. The average Bonchev–Trinajstić information content (AvgIpc) is 3.91. The van der Waals surface area contributed by atoms with Crippen molar-refractivity contribution in [2.24, 2.45) is 5.73 Å². The van der Waals surface area contributed by atoms with E-state index in [0.29, 0.717) is 65.0 Å². The van der Waals surface area contributed by atoms with Gasteiger partial charge in [-0.2, -0.15) is 10.2 Å². The maximum absolute atomic E-state index is 14.0. The molecule has 8 N–H and O–H groups in total. The van der Waals surface area contributed by atoms with Crippen LogP contribution in [-0.4, -0.2) is 121 Å². The fraction of sp³-hybridized carbons (Fsp3) is 0.286. The maximum Gasteiger partial charge on any atom is 0.357 e. The Morgan fingerprint density at radius 1 is 0.721 bits per heavy atom. The van der Waals surface area contributed by atoms with E-state index in [4.69, 9.17) is 0 Å². The number of anilines is 2. The van der Waals surface area contributed by atoms with Crippen molar-refractivity contribution in [3.63, 3.8) is 0 Å². The molecule has 2 aliphatic rings. The summed E-state index contributed by atoms with van der Waals surface area (Å²) in [6.07, 6.45) is 0. The van der Waals surface area contributed by atoms with Crippen LogP contribution in [-0.2, 0) is 22.7 Å². The quantitative estimate of drug-likeness (QED) is 0.0953. The molecule has 4 aromatic carbocycles. The molecular formula is C42H46F2N10O5S2. The number of nitrogens with zero attached hydrogens (tertiary/aromatic N) is 4. The summed E-state index contributed by atoms with van der Waals surface area (Å²) in [5.41, 5.74) is 8.37. The van der Waals surface area contributed by atoms with Crippen molar-refractivity contribution in [3.05, 3.63) is 119 Å². The van der Waals surface area contributed by atoms with Crippen molar-refractivity contribution in [1.82, 2.24) is 35.5 Å². The van der Waals surface area contributed by atoms with Gasteiger partial charge in [-0.15, -0.1) is 23.5 Å². The number of hydrogen-bond donors (Lipinski definition) is 7. The smallest absolute Gasteiger partial charge is 0.357 e. The number of carbonyl (C=O) groups excluding carboxylic acids is 3. The lowest BCUT2D eigenvalue weighted by atomic mass is 10.1. The Morgan fingerprint density at radius 2 is 1.16 bits per heavy atom. The van der Waals surface area contributed by atoms with Crippen molar-refractivity contribution < 1.29 is 33.1 Å². The Bertz CT molecular complexity index is 2500. The molecule has 61 heavy (non-hydrogen) atoms. The second kappa shape index (κ2) is 21.1. The molecule has 15 nitrogen and oxygen atoms in total. The number of fused-ring (bicyclic) bond motifs is 2. The first-order valence-electron chi connectivity index (χ1n) is 19.3. The van der Waals surface area contributed by atoms with Gasteiger partial charge in [0.1, 0.15) is 11.6 Å². The molecule has 3 amide bonds. The molecule has 2 unspecified atom stereocenters. The van der Waals surface area contributed by atoms with Gasteiger partial charge in [0.05, 0.1) is 21.5 Å². The number of carboxylic acid groups (broad SMARTS) is 1. The fourth-order valence-corrected chi connectivity index (χ4v) is 9.18. The fourth-order valence-electron chi connectivity index (χ4n) is 6.83. The zero-order valence-corrected chi connectivity index (χ0v) is 35.0. The summed E-state index contributed by atoms with van der Waals surface area (Å²) in [4.78, 5) is 53.0. The van der Waals surface area contributed by atoms with E-state index in [1.165, 1.54) is 19.2 Å². The summed E-state index contributed by atoms with van der Waals surface area (Å²) in [7, 11) is 3.04. The third-order valence-corrected chi connectivity index (χ3v) is 12.3. The molecule has 0 saturated carbocycles. The number of aromatic nitrogens is 4. The highest BCUT2D eigenvalue weighted by Crippen LogP contribution is 2.27. The molecule has 19 heteroatoms. The number of rotatable bonds is 10. The molecule has 0 radical (unpaired) electrons. The summed E-state index contributed by atoms with van der Waals surface area (Å²) in [5, 5.41) is 31.4. The Labute approximate surface area is 358 Å². The predicted octanol–water partition coefficient (Wildman–Crippen LogP) is 5.15. The van der Waals surface area contributed by atoms with Crippen molar-refractivity contribution in [2.75, 3.05) is 62.4 Å². The standard InChI is InChI=1S/C21H22FN5O2S.C20H19FN4O3S.CH5N/c1-23-21(29)19-15-10-14(6-7-17(15)25-26-19)24-20(28)18-12-27(8-9-30-18)11-13-4-2-3-5-16(13)22;21-15-4-2-1-3-12(15)10-25-7-8-29-17(11-25)19(26)22-13-5-6-16-14(9-13)18(20(27)28)24-23-16;1-2/h2-7,10,18H,8-9,11-12H2,1H3,(H,23,29)(H,24,28)(H,25,26);1-6,9,17H,7-8,10-11H2,(H,22,26)(H,23,24)(H,27,28);2H2,1H3. The SMILES string of the molecule is CN.CNC(=O)c1n[nH]c2ccc(NC(=O)C3CN(Cc4ccccc4F)CCS3)cc12.O=C(O)c1n[nH]c2ccc(NC(=O)C3CN(Cc4ccccc4F)CCS3)cc12. The highest BCUT2D eigenvalue weighted by molar-refractivity contribution is 8.01. The second-order valence-electron chi connectivity index (χ2n) is 13.9. The summed E-state index contributed by atoms with van der Waals surface area (Å²) in [6, 6.07) is 23.7. The Kier molecular flexibility index (Phi) is 15.5. The van der Waals surface area contributed by atoms with Crippen molar-refractivity contribution in [3.8, 4) is 0 Å². The lowest BCUT2D eigenvalue weighted by Crippen LogP contribution is -2.43. The molecule has 2 saturated heterocycles. The maximum atomic E-state index is 14.0. The Hall–Kier alpha value is -5.86. The number of carbonyl (C=O) groups is 4. The molecule has 8 rings (SSSR count). The molecule has 2 fully saturated rings. The highest BCUT2D eigenvalue weighted by atomic mass is 32.2. The predicted molar refractivity (Wildman–Crippen MR) is 236 cm³/mol. The van der Waals surface area contributed by atoms with Crippen LogP contribution in [0.2, 0.25) is 0 Å². The molecule has 320 valence electrons. The van der Waals surface area contributed by atoms with Crippen LogP contribution in [0.1, 0.15) is 32.1 Å². The largest absolute Gasteiger partial charge is 0.476 e. The zero-order chi connectivity index (χ0) is 43.5. The van der Waals surface area contributed by atoms with Crippen LogP contribution in [0.25, 0.3) is 21.8 Å². The van der Waals surface area contributed by atoms with Gasteiger partial charge in [0.15, 0.2) is 11.4 Å². The third-order valence-electron chi connectivity index (χ3n) is 9.90. The highest BCUT2D eigenvalue weighted by Gasteiger charge is 2.29. The number of amides is 3. The van der Waals surface area contributed by atoms with Gasteiger partial charge in [-0.1, -0.05) is 36.4 Å². The van der Waals surface area contributed by atoms with E-state index in [1.807, 2.05) is 6.07 Å². The molecule has 2 aliphatic heterocycles. The molecule has 6 aromatic rings. The minimum absolute atomic E-state index is 0.0841. The summed E-state index contributed by atoms with van der Waals surface area (Å²) in [6.45, 7) is 3.58. The first-order chi connectivity index (χ1) is 29.6.